The first-order valence-corrected chi connectivity index (χ1v) is 7.18. The maximum atomic E-state index is 6.01. The van der Waals surface area contributed by atoms with Gasteiger partial charge in [-0.3, -0.25) is 4.90 Å². The molecule has 2 N–H and O–H groups in total. The van der Waals surface area contributed by atoms with Crippen LogP contribution in [0.15, 0.2) is 0 Å². The molecule has 94 valence electrons. The van der Waals surface area contributed by atoms with E-state index in [-0.39, 0.29) is 0 Å². The highest BCUT2D eigenvalue weighted by atomic mass is 15.2. The van der Waals surface area contributed by atoms with Gasteiger partial charge < -0.3 is 5.73 Å². The molecule has 2 fully saturated rings. The van der Waals surface area contributed by atoms with E-state index in [2.05, 4.69) is 18.7 Å². The van der Waals surface area contributed by atoms with E-state index in [4.69, 9.17) is 5.73 Å². The van der Waals surface area contributed by atoms with E-state index in [1.54, 1.807) is 0 Å². The lowest BCUT2D eigenvalue weighted by molar-refractivity contribution is 0.0889. The van der Waals surface area contributed by atoms with Crippen LogP contribution in [0.5, 0.6) is 0 Å². The zero-order chi connectivity index (χ0) is 11.5. The van der Waals surface area contributed by atoms with Crippen LogP contribution in [0.25, 0.3) is 0 Å². The highest BCUT2D eigenvalue weighted by molar-refractivity contribution is 4.93. The minimum Gasteiger partial charge on any atom is -0.329 e. The first-order chi connectivity index (χ1) is 7.72. The van der Waals surface area contributed by atoms with Crippen LogP contribution in [0.1, 0.15) is 52.4 Å². The summed E-state index contributed by atoms with van der Waals surface area (Å²) in [5, 5.41) is 0. The maximum absolute atomic E-state index is 6.01. The molecule has 1 unspecified atom stereocenters. The number of nitrogens with zero attached hydrogens (tertiary/aromatic N) is 1. The van der Waals surface area contributed by atoms with Crippen molar-refractivity contribution >= 4 is 0 Å². The molecule has 0 heterocycles. The second-order valence-electron chi connectivity index (χ2n) is 6.15. The van der Waals surface area contributed by atoms with E-state index in [0.717, 1.165) is 24.4 Å². The van der Waals surface area contributed by atoms with Gasteiger partial charge in [-0.15, -0.1) is 0 Å². The number of hydrogen-bond donors (Lipinski definition) is 1. The van der Waals surface area contributed by atoms with E-state index in [1.165, 1.54) is 45.1 Å². The standard InChI is InChI=1S/C14H28N2/c1-11(2)8-9-16(13-6-7-13)14(10-15)12-4-3-5-12/h11-14H,3-10,15H2,1-2H3. The van der Waals surface area contributed by atoms with E-state index < -0.39 is 0 Å². The Bertz CT molecular complexity index is 207. The van der Waals surface area contributed by atoms with Crippen LogP contribution < -0.4 is 5.73 Å². The molecule has 0 aromatic rings. The Kier molecular flexibility index (Phi) is 4.26. The molecule has 0 aromatic carbocycles. The average Bonchev–Trinajstić information content (AvgIpc) is 2.96. The van der Waals surface area contributed by atoms with Crippen LogP contribution in [0.4, 0.5) is 0 Å². The highest BCUT2D eigenvalue weighted by Crippen LogP contribution is 2.37. The topological polar surface area (TPSA) is 29.3 Å². The molecule has 2 heteroatoms. The Morgan fingerprint density at radius 3 is 2.25 bits per heavy atom. The third-order valence-corrected chi connectivity index (χ3v) is 4.34. The molecule has 2 nitrogen and oxygen atoms in total. The summed E-state index contributed by atoms with van der Waals surface area (Å²) in [5.74, 6) is 1.74. The second kappa shape index (κ2) is 5.50. The van der Waals surface area contributed by atoms with Crippen molar-refractivity contribution in [3.8, 4) is 0 Å². The molecule has 0 amide bonds. The van der Waals surface area contributed by atoms with Crippen molar-refractivity contribution < 1.29 is 0 Å². The van der Waals surface area contributed by atoms with Crippen molar-refractivity contribution in [2.45, 2.75) is 64.5 Å². The van der Waals surface area contributed by atoms with Gasteiger partial charge in [-0.1, -0.05) is 20.3 Å². The lowest BCUT2D eigenvalue weighted by Crippen LogP contribution is -2.49. The van der Waals surface area contributed by atoms with Crippen molar-refractivity contribution in [1.29, 1.82) is 0 Å². The smallest absolute Gasteiger partial charge is 0.0249 e. The highest BCUT2D eigenvalue weighted by Gasteiger charge is 2.38. The molecule has 2 aliphatic rings. The van der Waals surface area contributed by atoms with Gasteiger partial charge in [0.1, 0.15) is 0 Å². The lowest BCUT2D eigenvalue weighted by Gasteiger charge is -2.41. The minimum absolute atomic E-state index is 0.694. The Morgan fingerprint density at radius 2 is 1.88 bits per heavy atom. The van der Waals surface area contributed by atoms with Crippen molar-refractivity contribution in [1.82, 2.24) is 4.90 Å². The van der Waals surface area contributed by atoms with Gasteiger partial charge >= 0.3 is 0 Å². The Hall–Kier alpha value is -0.0800. The van der Waals surface area contributed by atoms with Gasteiger partial charge in [0.25, 0.3) is 0 Å². The van der Waals surface area contributed by atoms with Gasteiger partial charge in [0.2, 0.25) is 0 Å². The molecule has 0 aliphatic heterocycles. The third-order valence-electron chi connectivity index (χ3n) is 4.34. The van der Waals surface area contributed by atoms with Gasteiger partial charge in [-0.25, -0.2) is 0 Å². The summed E-state index contributed by atoms with van der Waals surface area (Å²) >= 11 is 0. The van der Waals surface area contributed by atoms with E-state index in [9.17, 15) is 0 Å². The fraction of sp³-hybridized carbons (Fsp3) is 1.00. The largest absolute Gasteiger partial charge is 0.329 e. The SMILES string of the molecule is CC(C)CCN(C1CC1)C(CN)C1CCC1. The van der Waals surface area contributed by atoms with Crippen LogP contribution in [0.2, 0.25) is 0 Å². The number of rotatable bonds is 7. The molecule has 16 heavy (non-hydrogen) atoms. The summed E-state index contributed by atoms with van der Waals surface area (Å²) in [7, 11) is 0. The zero-order valence-electron chi connectivity index (χ0n) is 11.0. The van der Waals surface area contributed by atoms with Crippen molar-refractivity contribution in [2.75, 3.05) is 13.1 Å². The summed E-state index contributed by atoms with van der Waals surface area (Å²) in [6, 6.07) is 1.58. The first-order valence-electron chi connectivity index (χ1n) is 7.18. The van der Waals surface area contributed by atoms with Gasteiger partial charge in [-0.2, -0.15) is 0 Å². The van der Waals surface area contributed by atoms with Crippen LogP contribution in [-0.2, 0) is 0 Å². The van der Waals surface area contributed by atoms with E-state index in [1.807, 2.05) is 0 Å². The molecule has 1 atom stereocenters. The van der Waals surface area contributed by atoms with Crippen molar-refractivity contribution in [2.24, 2.45) is 17.6 Å². The summed E-state index contributed by atoms with van der Waals surface area (Å²) in [4.78, 5) is 2.75. The fourth-order valence-electron chi connectivity index (χ4n) is 2.86. The molecule has 0 aromatic heterocycles. The van der Waals surface area contributed by atoms with E-state index in [0.29, 0.717) is 6.04 Å². The van der Waals surface area contributed by atoms with Crippen LogP contribution in [0, 0.1) is 11.8 Å². The Morgan fingerprint density at radius 1 is 1.19 bits per heavy atom. The Labute approximate surface area is 101 Å². The van der Waals surface area contributed by atoms with Gasteiger partial charge in [0, 0.05) is 18.6 Å². The maximum Gasteiger partial charge on any atom is 0.0249 e. The summed E-state index contributed by atoms with van der Waals surface area (Å²) < 4.78 is 0. The van der Waals surface area contributed by atoms with Crippen LogP contribution in [0.3, 0.4) is 0 Å². The van der Waals surface area contributed by atoms with Crippen molar-refractivity contribution in [3.05, 3.63) is 0 Å². The van der Waals surface area contributed by atoms with Gasteiger partial charge in [-0.05, 0) is 50.5 Å². The normalized spacial score (nSPS) is 23.8. The van der Waals surface area contributed by atoms with Gasteiger partial charge in [0.15, 0.2) is 0 Å². The molecule has 2 saturated carbocycles. The third kappa shape index (κ3) is 2.98. The molecule has 0 bridgehead atoms. The minimum atomic E-state index is 0.694. The van der Waals surface area contributed by atoms with Crippen molar-refractivity contribution in [3.63, 3.8) is 0 Å². The molecule has 2 rings (SSSR count). The Balaban J connectivity index is 1.87. The molecule has 2 aliphatic carbocycles. The first kappa shape index (κ1) is 12.4. The molecular weight excluding hydrogens is 196 g/mol. The van der Waals surface area contributed by atoms with Crippen LogP contribution >= 0.6 is 0 Å². The monoisotopic (exact) mass is 224 g/mol. The van der Waals surface area contributed by atoms with Gasteiger partial charge in [0.05, 0.1) is 0 Å². The molecular formula is C14H28N2. The quantitative estimate of drug-likeness (QED) is 0.720. The van der Waals surface area contributed by atoms with Crippen LogP contribution in [-0.4, -0.2) is 30.1 Å². The average molecular weight is 224 g/mol. The zero-order valence-corrected chi connectivity index (χ0v) is 11.0. The second-order valence-corrected chi connectivity index (χ2v) is 6.15. The lowest BCUT2D eigenvalue weighted by atomic mass is 9.79. The summed E-state index contributed by atoms with van der Waals surface area (Å²) in [6.45, 7) is 6.80. The fourth-order valence-corrected chi connectivity index (χ4v) is 2.86. The molecule has 0 spiro atoms. The number of hydrogen-bond acceptors (Lipinski definition) is 2. The predicted octanol–water partition coefficient (Wildman–Crippen LogP) is 2.62. The molecule has 0 saturated heterocycles. The predicted molar refractivity (Wildman–Crippen MR) is 69.4 cm³/mol. The summed E-state index contributed by atoms with van der Waals surface area (Å²) in [6.07, 6.45) is 8.45. The number of nitrogens with two attached hydrogens (primary N) is 1. The van der Waals surface area contributed by atoms with E-state index >= 15 is 0 Å². The summed E-state index contributed by atoms with van der Waals surface area (Å²) in [5.41, 5.74) is 6.01. The molecule has 0 radical (unpaired) electrons.